The SMILES string of the molecule is COCc1nsc(N2CCN(S(=O)(=O)c3ccc(C4CCCCC4)cc3)CC2)n1. The summed E-state index contributed by atoms with van der Waals surface area (Å²) in [6.07, 6.45) is 6.30. The Balaban J connectivity index is 1.39. The highest BCUT2D eigenvalue weighted by atomic mass is 32.2. The van der Waals surface area contributed by atoms with Crippen molar-refractivity contribution in [2.45, 2.75) is 49.5 Å². The van der Waals surface area contributed by atoms with Crippen LogP contribution in [0.1, 0.15) is 49.4 Å². The van der Waals surface area contributed by atoms with E-state index in [-0.39, 0.29) is 0 Å². The van der Waals surface area contributed by atoms with Crippen LogP contribution in [0, 0.1) is 0 Å². The molecule has 29 heavy (non-hydrogen) atoms. The molecule has 1 aromatic heterocycles. The van der Waals surface area contributed by atoms with Gasteiger partial charge in [0.2, 0.25) is 15.2 Å². The van der Waals surface area contributed by atoms with Crippen LogP contribution in [0.3, 0.4) is 0 Å². The molecule has 2 fully saturated rings. The van der Waals surface area contributed by atoms with Gasteiger partial charge in [-0.25, -0.2) is 13.4 Å². The van der Waals surface area contributed by atoms with E-state index in [9.17, 15) is 8.42 Å². The molecule has 7 nitrogen and oxygen atoms in total. The molecule has 0 bridgehead atoms. The predicted molar refractivity (Wildman–Crippen MR) is 114 cm³/mol. The molecule has 2 heterocycles. The lowest BCUT2D eigenvalue weighted by atomic mass is 9.84. The molecule has 2 aliphatic rings. The van der Waals surface area contributed by atoms with Crippen molar-refractivity contribution in [3.8, 4) is 0 Å². The Bertz CT molecular complexity index is 900. The Kier molecular flexibility index (Phi) is 6.48. The van der Waals surface area contributed by atoms with Crippen molar-refractivity contribution in [2.75, 3.05) is 38.2 Å². The molecule has 4 rings (SSSR count). The summed E-state index contributed by atoms with van der Waals surface area (Å²) in [7, 11) is -1.85. The standard InChI is InChI=1S/C20H28N4O3S2/c1-27-15-19-21-20(28-22-19)23-11-13-24(14-12-23)29(25,26)18-9-7-17(8-10-18)16-5-3-2-4-6-16/h7-10,16H,2-6,11-15H2,1H3. The number of nitrogens with zero attached hydrogens (tertiary/aromatic N) is 4. The van der Waals surface area contributed by atoms with Gasteiger partial charge in [0.05, 0.1) is 4.90 Å². The molecule has 0 atom stereocenters. The summed E-state index contributed by atoms with van der Waals surface area (Å²) in [5, 5.41) is 0.825. The first kappa shape index (κ1) is 20.7. The van der Waals surface area contributed by atoms with Gasteiger partial charge in [0.15, 0.2) is 5.82 Å². The zero-order chi connectivity index (χ0) is 20.3. The second-order valence-corrected chi connectivity index (χ2v) is 10.4. The molecule has 1 aromatic carbocycles. The summed E-state index contributed by atoms with van der Waals surface area (Å²) in [4.78, 5) is 6.95. The van der Waals surface area contributed by atoms with Crippen molar-refractivity contribution in [2.24, 2.45) is 0 Å². The minimum absolute atomic E-state index is 0.391. The van der Waals surface area contributed by atoms with E-state index >= 15 is 0 Å². The maximum atomic E-state index is 13.1. The van der Waals surface area contributed by atoms with E-state index in [4.69, 9.17) is 4.74 Å². The quantitative estimate of drug-likeness (QED) is 0.692. The summed E-state index contributed by atoms with van der Waals surface area (Å²) in [6, 6.07) is 7.59. The predicted octanol–water partition coefficient (Wildman–Crippen LogP) is 3.24. The maximum Gasteiger partial charge on any atom is 0.243 e. The van der Waals surface area contributed by atoms with Crippen molar-refractivity contribution in [3.05, 3.63) is 35.7 Å². The van der Waals surface area contributed by atoms with Crippen LogP contribution >= 0.6 is 11.5 Å². The highest BCUT2D eigenvalue weighted by molar-refractivity contribution is 7.89. The van der Waals surface area contributed by atoms with Crippen molar-refractivity contribution >= 4 is 26.7 Å². The summed E-state index contributed by atoms with van der Waals surface area (Å²) in [5.41, 5.74) is 1.27. The highest BCUT2D eigenvalue weighted by Gasteiger charge is 2.30. The summed E-state index contributed by atoms with van der Waals surface area (Å²) >= 11 is 1.33. The minimum atomic E-state index is -3.46. The average molecular weight is 437 g/mol. The fourth-order valence-electron chi connectivity index (χ4n) is 4.18. The number of methoxy groups -OCH3 is 1. The summed E-state index contributed by atoms with van der Waals surface area (Å²) < 4.78 is 37.1. The minimum Gasteiger partial charge on any atom is -0.377 e. The molecular formula is C20H28N4O3S2. The lowest BCUT2D eigenvalue weighted by Crippen LogP contribution is -2.48. The number of anilines is 1. The molecule has 1 aliphatic carbocycles. The van der Waals surface area contributed by atoms with Crippen LogP contribution in [0.2, 0.25) is 0 Å². The molecule has 158 valence electrons. The van der Waals surface area contributed by atoms with Crippen LogP contribution in [0.5, 0.6) is 0 Å². The fourth-order valence-corrected chi connectivity index (χ4v) is 6.32. The van der Waals surface area contributed by atoms with Gasteiger partial charge in [0, 0.05) is 44.8 Å². The Morgan fingerprint density at radius 2 is 1.76 bits per heavy atom. The van der Waals surface area contributed by atoms with Crippen LogP contribution in [-0.2, 0) is 21.4 Å². The monoisotopic (exact) mass is 436 g/mol. The van der Waals surface area contributed by atoms with E-state index in [1.807, 2.05) is 12.1 Å². The van der Waals surface area contributed by atoms with Gasteiger partial charge >= 0.3 is 0 Å². The van der Waals surface area contributed by atoms with E-state index < -0.39 is 10.0 Å². The number of benzene rings is 1. The molecule has 0 radical (unpaired) electrons. The van der Waals surface area contributed by atoms with Gasteiger partial charge in [-0.2, -0.15) is 8.68 Å². The number of sulfonamides is 1. The number of rotatable bonds is 6. The second kappa shape index (κ2) is 9.07. The summed E-state index contributed by atoms with van der Waals surface area (Å²) in [5.74, 6) is 1.25. The van der Waals surface area contributed by atoms with E-state index in [1.165, 1.54) is 49.2 Å². The van der Waals surface area contributed by atoms with Crippen molar-refractivity contribution in [1.82, 2.24) is 13.7 Å². The Morgan fingerprint density at radius 3 is 2.41 bits per heavy atom. The van der Waals surface area contributed by atoms with Crippen molar-refractivity contribution in [3.63, 3.8) is 0 Å². The molecule has 0 N–H and O–H groups in total. The lowest BCUT2D eigenvalue weighted by molar-refractivity contribution is 0.179. The largest absolute Gasteiger partial charge is 0.377 e. The molecule has 1 saturated carbocycles. The van der Waals surface area contributed by atoms with Gasteiger partial charge in [-0.1, -0.05) is 31.4 Å². The third-order valence-electron chi connectivity index (χ3n) is 5.83. The van der Waals surface area contributed by atoms with E-state index in [1.54, 1.807) is 23.5 Å². The van der Waals surface area contributed by atoms with Crippen LogP contribution < -0.4 is 4.90 Å². The van der Waals surface area contributed by atoms with E-state index in [0.717, 1.165) is 5.13 Å². The second-order valence-electron chi connectivity index (χ2n) is 7.72. The number of piperazine rings is 1. The first-order chi connectivity index (χ1) is 14.1. The topological polar surface area (TPSA) is 75.6 Å². The highest BCUT2D eigenvalue weighted by Crippen LogP contribution is 2.33. The first-order valence-electron chi connectivity index (χ1n) is 10.2. The van der Waals surface area contributed by atoms with Crippen LogP contribution in [-0.4, -0.2) is 55.4 Å². The first-order valence-corrected chi connectivity index (χ1v) is 12.5. The molecule has 1 aliphatic heterocycles. The summed E-state index contributed by atoms with van der Waals surface area (Å²) in [6.45, 7) is 2.52. The van der Waals surface area contributed by atoms with Crippen LogP contribution in [0.4, 0.5) is 5.13 Å². The maximum absolute atomic E-state index is 13.1. The van der Waals surface area contributed by atoms with Gasteiger partial charge in [0.1, 0.15) is 6.61 Å². The van der Waals surface area contributed by atoms with Crippen LogP contribution in [0.25, 0.3) is 0 Å². The van der Waals surface area contributed by atoms with Crippen molar-refractivity contribution < 1.29 is 13.2 Å². The van der Waals surface area contributed by atoms with E-state index in [2.05, 4.69) is 14.3 Å². The Morgan fingerprint density at radius 1 is 1.07 bits per heavy atom. The van der Waals surface area contributed by atoms with E-state index in [0.29, 0.717) is 49.4 Å². The third kappa shape index (κ3) is 4.63. The molecule has 9 heteroatoms. The Hall–Kier alpha value is -1.55. The molecular weight excluding hydrogens is 408 g/mol. The van der Waals surface area contributed by atoms with Gasteiger partial charge in [-0.05, 0) is 36.5 Å². The number of hydrogen-bond acceptors (Lipinski definition) is 7. The van der Waals surface area contributed by atoms with Crippen molar-refractivity contribution in [1.29, 1.82) is 0 Å². The zero-order valence-corrected chi connectivity index (χ0v) is 18.4. The number of hydrogen-bond donors (Lipinski definition) is 0. The number of ether oxygens (including phenoxy) is 1. The van der Waals surface area contributed by atoms with Crippen LogP contribution in [0.15, 0.2) is 29.2 Å². The zero-order valence-electron chi connectivity index (χ0n) is 16.8. The smallest absolute Gasteiger partial charge is 0.243 e. The number of aromatic nitrogens is 2. The molecule has 0 amide bonds. The third-order valence-corrected chi connectivity index (χ3v) is 8.56. The average Bonchev–Trinajstić information content (AvgIpc) is 3.23. The lowest BCUT2D eigenvalue weighted by Gasteiger charge is -2.33. The van der Waals surface area contributed by atoms with Gasteiger partial charge in [-0.3, -0.25) is 0 Å². The van der Waals surface area contributed by atoms with Gasteiger partial charge in [0.25, 0.3) is 0 Å². The normalized spacial score (nSPS) is 19.6. The van der Waals surface area contributed by atoms with Gasteiger partial charge < -0.3 is 9.64 Å². The fraction of sp³-hybridized carbons (Fsp3) is 0.600. The Labute approximate surface area is 176 Å². The molecule has 1 saturated heterocycles. The molecule has 0 unspecified atom stereocenters. The van der Waals surface area contributed by atoms with Gasteiger partial charge in [-0.15, -0.1) is 0 Å². The molecule has 2 aromatic rings. The molecule has 0 spiro atoms.